The van der Waals surface area contributed by atoms with Crippen molar-refractivity contribution in [3.05, 3.63) is 23.5 Å². The Bertz CT molecular complexity index is 901. The standard InChI is InChI=1S/C19H24FN5O2/c1-3-24-7-4-12(5-8-24)13-11-16-14(10-15(13)20)18(22-23(16)2)25-9-6-17(26)21-19(25)27/h10-12H,3-9H2,1-2H3,(H,21,26,27). The Morgan fingerprint density at radius 1 is 1.22 bits per heavy atom. The largest absolute Gasteiger partial charge is 0.329 e. The molecule has 2 aromatic rings. The van der Waals surface area contributed by atoms with E-state index in [1.807, 2.05) is 6.07 Å². The second-order valence-electron chi connectivity index (χ2n) is 7.30. The zero-order valence-corrected chi connectivity index (χ0v) is 15.7. The van der Waals surface area contributed by atoms with Crippen LogP contribution in [0.5, 0.6) is 0 Å². The van der Waals surface area contributed by atoms with Crippen LogP contribution < -0.4 is 10.2 Å². The zero-order valence-electron chi connectivity index (χ0n) is 15.7. The molecule has 2 fully saturated rings. The molecule has 2 aliphatic rings. The van der Waals surface area contributed by atoms with Crippen molar-refractivity contribution < 1.29 is 14.0 Å². The van der Waals surface area contributed by atoms with Gasteiger partial charge >= 0.3 is 6.03 Å². The summed E-state index contributed by atoms with van der Waals surface area (Å²) in [6.45, 7) is 5.39. The van der Waals surface area contributed by atoms with E-state index in [9.17, 15) is 14.0 Å². The molecule has 1 aromatic heterocycles. The van der Waals surface area contributed by atoms with Crippen LogP contribution in [0.15, 0.2) is 12.1 Å². The molecule has 3 heterocycles. The molecular formula is C19H24FN5O2. The van der Waals surface area contributed by atoms with Crippen molar-refractivity contribution in [3.63, 3.8) is 0 Å². The molecule has 144 valence electrons. The number of hydrogen-bond donors (Lipinski definition) is 1. The maximum absolute atomic E-state index is 15.0. The highest BCUT2D eigenvalue weighted by atomic mass is 19.1. The Kier molecular flexibility index (Phi) is 4.59. The SMILES string of the molecule is CCN1CCC(c2cc3c(cc2F)c(N2CCC(=O)NC2=O)nn3C)CC1. The number of nitrogens with one attached hydrogen (secondary N) is 1. The summed E-state index contributed by atoms with van der Waals surface area (Å²) in [7, 11) is 1.79. The summed E-state index contributed by atoms with van der Waals surface area (Å²) in [5, 5.41) is 7.32. The van der Waals surface area contributed by atoms with Gasteiger partial charge in [-0.15, -0.1) is 0 Å². The first-order valence-corrected chi connectivity index (χ1v) is 9.47. The second-order valence-corrected chi connectivity index (χ2v) is 7.30. The van der Waals surface area contributed by atoms with E-state index >= 15 is 0 Å². The normalized spacial score (nSPS) is 19.7. The Morgan fingerprint density at radius 3 is 2.63 bits per heavy atom. The number of fused-ring (bicyclic) bond motifs is 1. The number of piperidine rings is 1. The maximum atomic E-state index is 15.0. The molecule has 0 atom stereocenters. The summed E-state index contributed by atoms with van der Waals surface area (Å²) >= 11 is 0. The summed E-state index contributed by atoms with van der Waals surface area (Å²) < 4.78 is 16.7. The van der Waals surface area contributed by atoms with Crippen LogP contribution in [0.3, 0.4) is 0 Å². The third kappa shape index (κ3) is 3.18. The number of imide groups is 1. The van der Waals surface area contributed by atoms with E-state index in [0.29, 0.717) is 11.2 Å². The minimum atomic E-state index is -0.511. The van der Waals surface area contributed by atoms with Crippen molar-refractivity contribution in [2.75, 3.05) is 31.1 Å². The van der Waals surface area contributed by atoms with Gasteiger partial charge < -0.3 is 4.90 Å². The summed E-state index contributed by atoms with van der Waals surface area (Å²) in [6.07, 6.45) is 2.09. The molecule has 0 saturated carbocycles. The third-order valence-corrected chi connectivity index (χ3v) is 5.73. The van der Waals surface area contributed by atoms with Crippen LogP contribution in [-0.4, -0.2) is 52.8 Å². The van der Waals surface area contributed by atoms with Crippen molar-refractivity contribution in [2.24, 2.45) is 7.05 Å². The molecule has 4 rings (SSSR count). The first-order valence-electron chi connectivity index (χ1n) is 9.47. The van der Waals surface area contributed by atoms with E-state index < -0.39 is 6.03 Å². The highest BCUT2D eigenvalue weighted by Crippen LogP contribution is 2.35. The lowest BCUT2D eigenvalue weighted by atomic mass is 9.88. The van der Waals surface area contributed by atoms with Crippen molar-refractivity contribution in [3.8, 4) is 0 Å². The first-order chi connectivity index (χ1) is 13.0. The molecule has 2 saturated heterocycles. The summed E-state index contributed by atoms with van der Waals surface area (Å²) in [5.74, 6) is 0.0405. The quantitative estimate of drug-likeness (QED) is 0.897. The lowest BCUT2D eigenvalue weighted by Gasteiger charge is -2.31. The zero-order chi connectivity index (χ0) is 19.1. The van der Waals surface area contributed by atoms with Gasteiger partial charge in [-0.1, -0.05) is 6.92 Å². The summed E-state index contributed by atoms with van der Waals surface area (Å²) in [4.78, 5) is 27.3. The number of halogens is 1. The van der Waals surface area contributed by atoms with Crippen molar-refractivity contribution >= 4 is 28.7 Å². The van der Waals surface area contributed by atoms with Crippen molar-refractivity contribution in [1.82, 2.24) is 20.0 Å². The van der Waals surface area contributed by atoms with Crippen molar-refractivity contribution in [1.29, 1.82) is 0 Å². The lowest BCUT2D eigenvalue weighted by molar-refractivity contribution is -0.120. The fourth-order valence-electron chi connectivity index (χ4n) is 4.11. The number of anilines is 1. The minimum absolute atomic E-state index is 0.200. The Hall–Kier alpha value is -2.48. The number of carbonyl (C=O) groups excluding carboxylic acids is 2. The van der Waals surface area contributed by atoms with E-state index in [1.165, 1.54) is 11.0 Å². The average molecular weight is 373 g/mol. The van der Waals surface area contributed by atoms with E-state index in [0.717, 1.165) is 43.6 Å². The highest BCUT2D eigenvalue weighted by molar-refractivity contribution is 6.08. The van der Waals surface area contributed by atoms with Gasteiger partial charge in [0.15, 0.2) is 5.82 Å². The molecule has 27 heavy (non-hydrogen) atoms. The molecule has 0 aliphatic carbocycles. The molecule has 8 heteroatoms. The van der Waals surface area contributed by atoms with E-state index in [1.54, 1.807) is 11.7 Å². The van der Waals surface area contributed by atoms with Gasteiger partial charge in [0.25, 0.3) is 0 Å². The van der Waals surface area contributed by atoms with Gasteiger partial charge in [-0.25, -0.2) is 9.18 Å². The third-order valence-electron chi connectivity index (χ3n) is 5.73. The van der Waals surface area contributed by atoms with Crippen LogP contribution in [-0.2, 0) is 11.8 Å². The molecule has 1 N–H and O–H groups in total. The molecule has 7 nitrogen and oxygen atoms in total. The van der Waals surface area contributed by atoms with Gasteiger partial charge in [0.05, 0.1) is 5.52 Å². The highest BCUT2D eigenvalue weighted by Gasteiger charge is 2.29. The van der Waals surface area contributed by atoms with Gasteiger partial charge in [-0.3, -0.25) is 19.7 Å². The Labute approximate surface area is 157 Å². The number of rotatable bonds is 3. The number of aromatic nitrogens is 2. The number of hydrogen-bond acceptors (Lipinski definition) is 4. The molecule has 0 bridgehead atoms. The molecule has 0 unspecified atom stereocenters. The monoisotopic (exact) mass is 373 g/mol. The topological polar surface area (TPSA) is 70.5 Å². The van der Waals surface area contributed by atoms with Crippen LogP contribution in [0.25, 0.3) is 10.9 Å². The molecular weight excluding hydrogens is 349 g/mol. The molecule has 2 aliphatic heterocycles. The predicted octanol–water partition coefficient (Wildman–Crippen LogP) is 2.36. The Morgan fingerprint density at radius 2 is 1.96 bits per heavy atom. The number of benzene rings is 1. The van der Waals surface area contributed by atoms with Crippen LogP contribution in [0, 0.1) is 5.82 Å². The van der Waals surface area contributed by atoms with E-state index in [2.05, 4.69) is 22.2 Å². The summed E-state index contributed by atoms with van der Waals surface area (Å²) in [5.41, 5.74) is 1.52. The van der Waals surface area contributed by atoms with Crippen LogP contribution in [0.1, 0.15) is 37.7 Å². The van der Waals surface area contributed by atoms with Crippen LogP contribution in [0.4, 0.5) is 15.0 Å². The van der Waals surface area contributed by atoms with Gasteiger partial charge in [0.2, 0.25) is 5.91 Å². The number of amides is 3. The fourth-order valence-corrected chi connectivity index (χ4v) is 4.11. The average Bonchev–Trinajstić information content (AvgIpc) is 2.97. The predicted molar refractivity (Wildman–Crippen MR) is 100 cm³/mol. The van der Waals surface area contributed by atoms with Gasteiger partial charge in [0, 0.05) is 25.4 Å². The number of carbonyl (C=O) groups is 2. The molecule has 0 radical (unpaired) electrons. The minimum Gasteiger partial charge on any atom is -0.304 e. The number of likely N-dealkylation sites (tertiary alicyclic amines) is 1. The fraction of sp³-hybridized carbons (Fsp3) is 0.526. The number of nitrogens with zero attached hydrogens (tertiary/aromatic N) is 4. The Balaban J connectivity index is 1.69. The molecule has 1 aromatic carbocycles. The van der Waals surface area contributed by atoms with Crippen molar-refractivity contribution in [2.45, 2.75) is 32.1 Å². The smallest absolute Gasteiger partial charge is 0.304 e. The van der Waals surface area contributed by atoms with E-state index in [4.69, 9.17) is 0 Å². The van der Waals surface area contributed by atoms with Gasteiger partial charge in [-0.2, -0.15) is 5.10 Å². The van der Waals surface area contributed by atoms with E-state index in [-0.39, 0.29) is 30.6 Å². The first kappa shape index (κ1) is 17.9. The van der Waals surface area contributed by atoms with Crippen LogP contribution in [0.2, 0.25) is 0 Å². The number of aryl methyl sites for hydroxylation is 1. The molecule has 3 amide bonds. The van der Waals surface area contributed by atoms with Gasteiger partial charge in [-0.05, 0) is 56.1 Å². The molecule has 0 spiro atoms. The van der Waals surface area contributed by atoms with Crippen LogP contribution >= 0.6 is 0 Å². The maximum Gasteiger partial charge on any atom is 0.329 e. The summed E-state index contributed by atoms with van der Waals surface area (Å²) in [6, 6.07) is 2.85. The second kappa shape index (κ2) is 6.92. The number of urea groups is 1. The lowest BCUT2D eigenvalue weighted by Crippen LogP contribution is -2.49. The van der Waals surface area contributed by atoms with Gasteiger partial charge in [0.1, 0.15) is 5.82 Å².